The maximum Gasteiger partial charge on any atom is 0.257 e. The van der Waals surface area contributed by atoms with Gasteiger partial charge in [0, 0.05) is 42.7 Å². The molecule has 2 fully saturated rings. The highest BCUT2D eigenvalue weighted by molar-refractivity contribution is 6.09. The molecule has 1 saturated heterocycles. The van der Waals surface area contributed by atoms with E-state index in [1.165, 1.54) is 25.3 Å². The second-order valence-corrected chi connectivity index (χ2v) is 11.2. The summed E-state index contributed by atoms with van der Waals surface area (Å²) in [7, 11) is 0. The zero-order chi connectivity index (χ0) is 25.3. The molecule has 1 atom stereocenters. The summed E-state index contributed by atoms with van der Waals surface area (Å²) in [4.78, 5) is 21.9. The number of aromatic amines is 1. The number of aliphatic imine (C=N–C) groups is 1. The van der Waals surface area contributed by atoms with E-state index in [0.29, 0.717) is 55.5 Å². The number of halogens is 1. The molecule has 192 valence electrons. The number of carbonyl (C=O) groups excluding carboxylic acids is 1. The molecule has 8 heteroatoms. The molecule has 2 aliphatic heterocycles. The predicted molar refractivity (Wildman–Crippen MR) is 137 cm³/mol. The summed E-state index contributed by atoms with van der Waals surface area (Å²) in [6.45, 7) is 5.72. The summed E-state index contributed by atoms with van der Waals surface area (Å²) in [5.41, 5.74) is 1.20. The van der Waals surface area contributed by atoms with Crippen molar-refractivity contribution < 1.29 is 14.3 Å². The third-order valence-corrected chi connectivity index (χ3v) is 8.32. The molecule has 0 bridgehead atoms. The first-order valence-corrected chi connectivity index (χ1v) is 13.0. The van der Waals surface area contributed by atoms with Crippen LogP contribution in [0.4, 0.5) is 4.39 Å². The van der Waals surface area contributed by atoms with E-state index in [9.17, 15) is 14.3 Å². The van der Waals surface area contributed by atoms with Crippen molar-refractivity contribution in [1.82, 2.24) is 20.0 Å². The fraction of sp³-hybridized carbons (Fsp3) is 0.536. The summed E-state index contributed by atoms with van der Waals surface area (Å²) in [6, 6.07) is 6.61. The molecule has 2 N–H and O–H groups in total. The van der Waals surface area contributed by atoms with Crippen molar-refractivity contribution in [1.29, 1.82) is 0 Å². The highest BCUT2D eigenvalue weighted by atomic mass is 19.1. The van der Waals surface area contributed by atoms with Crippen molar-refractivity contribution >= 4 is 11.6 Å². The lowest BCUT2D eigenvalue weighted by Gasteiger charge is -2.51. The van der Waals surface area contributed by atoms with Gasteiger partial charge in [-0.2, -0.15) is 5.10 Å². The number of β-amino-alcohol motifs (C(OH)–C–C–N with tert-alkyl or cyclic N) is 1. The molecule has 1 amide bonds. The first-order valence-electron chi connectivity index (χ1n) is 13.0. The molecule has 7 nitrogen and oxygen atoms in total. The molecule has 2 aromatic rings. The number of hydrogen-bond donors (Lipinski definition) is 2. The van der Waals surface area contributed by atoms with Crippen molar-refractivity contribution in [2.45, 2.75) is 63.9 Å². The van der Waals surface area contributed by atoms with E-state index in [-0.39, 0.29) is 11.7 Å². The monoisotopic (exact) mass is 493 g/mol. The predicted octanol–water partition coefficient (Wildman–Crippen LogP) is 4.48. The number of hydrogen-bond acceptors (Lipinski definition) is 5. The largest absolute Gasteiger partial charge is 0.387 e. The van der Waals surface area contributed by atoms with Crippen LogP contribution in [0.3, 0.4) is 0 Å². The number of piperidine rings is 1. The minimum Gasteiger partial charge on any atom is -0.387 e. The number of rotatable bonds is 5. The smallest absolute Gasteiger partial charge is 0.257 e. The summed E-state index contributed by atoms with van der Waals surface area (Å²) in [6.07, 6.45) is 11.6. The highest BCUT2D eigenvalue weighted by Crippen LogP contribution is 2.41. The maximum absolute atomic E-state index is 14.1. The van der Waals surface area contributed by atoms with Crippen molar-refractivity contribution in [3.05, 3.63) is 65.4 Å². The van der Waals surface area contributed by atoms with Crippen LogP contribution in [-0.4, -0.2) is 68.6 Å². The molecule has 0 unspecified atom stereocenters. The van der Waals surface area contributed by atoms with Crippen LogP contribution < -0.4 is 0 Å². The third-order valence-electron chi connectivity index (χ3n) is 8.32. The summed E-state index contributed by atoms with van der Waals surface area (Å²) >= 11 is 0. The SMILES string of the molecule is CC1(C)CN(C(=O)c2cn[nH]c2C2CCCCC2)CC[C@]1(O)CN1C=CC(c2ccccc2F)=NC1. The number of allylic oxidation sites excluding steroid dienone is 1. The topological polar surface area (TPSA) is 84.8 Å². The molecule has 1 aromatic heterocycles. The van der Waals surface area contributed by atoms with Gasteiger partial charge in [-0.05, 0) is 37.5 Å². The first-order chi connectivity index (χ1) is 17.3. The fourth-order valence-corrected chi connectivity index (χ4v) is 5.89. The van der Waals surface area contributed by atoms with Gasteiger partial charge in [0.05, 0.1) is 28.8 Å². The Labute approximate surface area is 212 Å². The number of aromatic nitrogens is 2. The van der Waals surface area contributed by atoms with E-state index < -0.39 is 11.0 Å². The number of likely N-dealkylation sites (tertiary alicyclic amines) is 1. The van der Waals surface area contributed by atoms with Crippen molar-refractivity contribution in [3.8, 4) is 0 Å². The first kappa shape index (κ1) is 24.7. The quantitative estimate of drug-likeness (QED) is 0.643. The molecule has 1 aliphatic carbocycles. The fourth-order valence-electron chi connectivity index (χ4n) is 5.89. The van der Waals surface area contributed by atoms with Crippen molar-refractivity contribution in [3.63, 3.8) is 0 Å². The Bertz CT molecular complexity index is 1170. The van der Waals surface area contributed by atoms with E-state index >= 15 is 0 Å². The van der Waals surface area contributed by atoms with Gasteiger partial charge in [0.2, 0.25) is 0 Å². The molecule has 0 spiro atoms. The summed E-state index contributed by atoms with van der Waals surface area (Å²) < 4.78 is 14.1. The number of aliphatic hydroxyl groups is 1. The number of benzene rings is 1. The Kier molecular flexibility index (Phi) is 6.72. The van der Waals surface area contributed by atoms with Gasteiger partial charge in [0.15, 0.2) is 0 Å². The van der Waals surface area contributed by atoms with E-state index in [0.717, 1.165) is 18.5 Å². The van der Waals surface area contributed by atoms with Gasteiger partial charge < -0.3 is 14.9 Å². The number of nitrogens with zero attached hydrogens (tertiary/aromatic N) is 4. The molecular formula is C28H36FN5O2. The molecule has 1 saturated carbocycles. The van der Waals surface area contributed by atoms with Crippen LogP contribution in [0, 0.1) is 11.2 Å². The minimum atomic E-state index is -0.998. The van der Waals surface area contributed by atoms with E-state index in [1.54, 1.807) is 30.5 Å². The Morgan fingerprint density at radius 3 is 2.69 bits per heavy atom. The molecule has 36 heavy (non-hydrogen) atoms. The van der Waals surface area contributed by atoms with Crippen LogP contribution in [0.1, 0.15) is 79.9 Å². The Balaban J connectivity index is 1.24. The Hall–Kier alpha value is -3.00. The molecule has 5 rings (SSSR count). The Morgan fingerprint density at radius 1 is 1.22 bits per heavy atom. The lowest BCUT2D eigenvalue weighted by atomic mass is 9.69. The zero-order valence-corrected chi connectivity index (χ0v) is 21.2. The van der Waals surface area contributed by atoms with Crippen LogP contribution in [0.15, 0.2) is 47.7 Å². The Morgan fingerprint density at radius 2 is 2.00 bits per heavy atom. The number of H-pyrrole nitrogens is 1. The van der Waals surface area contributed by atoms with Crippen LogP contribution >= 0.6 is 0 Å². The van der Waals surface area contributed by atoms with Gasteiger partial charge in [0.1, 0.15) is 12.5 Å². The van der Waals surface area contributed by atoms with E-state index in [2.05, 4.69) is 15.2 Å². The van der Waals surface area contributed by atoms with Crippen LogP contribution in [0.5, 0.6) is 0 Å². The molecule has 3 aliphatic rings. The third kappa shape index (κ3) is 4.71. The number of nitrogens with one attached hydrogen (secondary N) is 1. The van der Waals surface area contributed by atoms with Gasteiger partial charge in [-0.25, -0.2) is 4.39 Å². The standard InChI is InChI=1S/C28H36FN5O2/c1-27(2)17-34(26(35)22-16-31-32-25(22)20-8-4-3-5-9-20)15-13-28(27,36)18-33-14-12-24(30-19-33)21-10-6-7-11-23(21)29/h6-7,10-12,14,16,20,36H,3-5,8-9,13,15,17-19H2,1-2H3,(H,31,32)/t28-/m0/s1. The lowest BCUT2D eigenvalue weighted by molar-refractivity contribution is -0.121. The van der Waals surface area contributed by atoms with Gasteiger partial charge in [-0.1, -0.05) is 45.2 Å². The van der Waals surface area contributed by atoms with Gasteiger partial charge in [-0.3, -0.25) is 14.9 Å². The number of carbonyl (C=O) groups is 1. The number of amides is 1. The van der Waals surface area contributed by atoms with Crippen LogP contribution in [-0.2, 0) is 0 Å². The average molecular weight is 494 g/mol. The van der Waals surface area contributed by atoms with Crippen LogP contribution in [0.2, 0.25) is 0 Å². The summed E-state index contributed by atoms with van der Waals surface area (Å²) in [5, 5.41) is 19.1. The van der Waals surface area contributed by atoms with Gasteiger partial charge in [-0.15, -0.1) is 0 Å². The molecular weight excluding hydrogens is 457 g/mol. The van der Waals surface area contributed by atoms with Crippen molar-refractivity contribution in [2.75, 3.05) is 26.3 Å². The van der Waals surface area contributed by atoms with Gasteiger partial charge >= 0.3 is 0 Å². The van der Waals surface area contributed by atoms with Gasteiger partial charge in [0.25, 0.3) is 5.91 Å². The molecule has 1 aromatic carbocycles. The summed E-state index contributed by atoms with van der Waals surface area (Å²) in [5.74, 6) is 0.0718. The second-order valence-electron chi connectivity index (χ2n) is 11.2. The van der Waals surface area contributed by atoms with E-state index in [1.807, 2.05) is 29.8 Å². The molecule has 0 radical (unpaired) electrons. The maximum atomic E-state index is 14.1. The van der Waals surface area contributed by atoms with Crippen molar-refractivity contribution in [2.24, 2.45) is 10.4 Å². The lowest BCUT2D eigenvalue weighted by Crippen LogP contribution is -2.62. The average Bonchev–Trinajstić information content (AvgIpc) is 3.37. The zero-order valence-electron chi connectivity index (χ0n) is 21.2. The second kappa shape index (κ2) is 9.81. The minimum absolute atomic E-state index is 0.00329. The normalized spacial score (nSPS) is 24.6. The van der Waals surface area contributed by atoms with E-state index in [4.69, 9.17) is 0 Å². The van der Waals surface area contributed by atoms with Crippen LogP contribution in [0.25, 0.3) is 0 Å². The highest BCUT2D eigenvalue weighted by Gasteiger charge is 2.49. The molecule has 3 heterocycles.